The van der Waals surface area contributed by atoms with Gasteiger partial charge in [-0.25, -0.2) is 4.68 Å². The van der Waals surface area contributed by atoms with Gasteiger partial charge in [-0.15, -0.1) is 20.4 Å². The van der Waals surface area contributed by atoms with E-state index in [0.29, 0.717) is 10.6 Å². The summed E-state index contributed by atoms with van der Waals surface area (Å²) in [5, 5.41) is 14.1. The SMILES string of the molecule is Cc1cccc(-c2nnc(CSc3nnc(C(F)(F)F)n3N)o2)c1. The zero-order valence-electron chi connectivity index (χ0n) is 12.3. The fraction of sp³-hybridized carbons (Fsp3) is 0.231. The molecule has 2 N–H and O–H groups in total. The van der Waals surface area contributed by atoms with Gasteiger partial charge >= 0.3 is 6.18 Å². The van der Waals surface area contributed by atoms with Crippen molar-refractivity contribution in [1.82, 2.24) is 25.1 Å². The van der Waals surface area contributed by atoms with Crippen molar-refractivity contribution in [2.75, 3.05) is 5.84 Å². The molecule has 7 nitrogen and oxygen atoms in total. The molecule has 2 aromatic heterocycles. The lowest BCUT2D eigenvalue weighted by molar-refractivity contribution is -0.146. The van der Waals surface area contributed by atoms with Gasteiger partial charge in [0.25, 0.3) is 5.82 Å². The number of halogens is 3. The van der Waals surface area contributed by atoms with E-state index in [-0.39, 0.29) is 16.8 Å². The summed E-state index contributed by atoms with van der Waals surface area (Å²) in [6.45, 7) is 1.93. The first-order valence-electron chi connectivity index (χ1n) is 6.64. The highest BCUT2D eigenvalue weighted by atomic mass is 32.2. The Balaban J connectivity index is 1.71. The predicted octanol–water partition coefficient (Wildman–Crippen LogP) is 2.66. The van der Waals surface area contributed by atoms with E-state index in [9.17, 15) is 13.2 Å². The van der Waals surface area contributed by atoms with Crippen LogP contribution in [0.1, 0.15) is 17.3 Å². The van der Waals surface area contributed by atoms with Gasteiger partial charge in [0.05, 0.1) is 5.75 Å². The second-order valence-electron chi connectivity index (χ2n) is 4.83. The molecule has 0 radical (unpaired) electrons. The van der Waals surface area contributed by atoms with Gasteiger partial charge in [-0.2, -0.15) is 13.2 Å². The van der Waals surface area contributed by atoms with Crippen molar-refractivity contribution in [3.05, 3.63) is 41.5 Å². The molecule has 1 aromatic carbocycles. The third kappa shape index (κ3) is 3.35. The minimum atomic E-state index is -4.66. The van der Waals surface area contributed by atoms with Crippen molar-refractivity contribution < 1.29 is 17.6 Å². The number of hydrogen-bond donors (Lipinski definition) is 1. The Morgan fingerprint density at radius 2 is 2.00 bits per heavy atom. The average Bonchev–Trinajstić information content (AvgIpc) is 3.11. The third-order valence-corrected chi connectivity index (χ3v) is 3.90. The molecule has 0 aliphatic carbocycles. The summed E-state index contributed by atoms with van der Waals surface area (Å²) in [4.78, 5) is 0. The van der Waals surface area contributed by atoms with Crippen LogP contribution in [0.25, 0.3) is 11.5 Å². The van der Waals surface area contributed by atoms with Crippen LogP contribution < -0.4 is 5.84 Å². The molecule has 0 fully saturated rings. The summed E-state index contributed by atoms with van der Waals surface area (Å²) in [5.41, 5.74) is 1.80. The number of nitrogen functional groups attached to an aromatic ring is 1. The maximum absolute atomic E-state index is 12.6. The van der Waals surface area contributed by atoms with E-state index in [1.165, 1.54) is 0 Å². The van der Waals surface area contributed by atoms with Crippen molar-refractivity contribution in [2.45, 2.75) is 24.0 Å². The zero-order chi connectivity index (χ0) is 17.3. The van der Waals surface area contributed by atoms with E-state index < -0.39 is 12.0 Å². The fourth-order valence-electron chi connectivity index (χ4n) is 1.90. The van der Waals surface area contributed by atoms with Crippen LogP contribution in [-0.4, -0.2) is 25.1 Å². The van der Waals surface area contributed by atoms with Gasteiger partial charge in [0, 0.05) is 5.56 Å². The van der Waals surface area contributed by atoms with Crippen molar-refractivity contribution in [2.24, 2.45) is 0 Å². The zero-order valence-corrected chi connectivity index (χ0v) is 13.1. The Kier molecular flexibility index (Phi) is 4.18. The lowest BCUT2D eigenvalue weighted by Gasteiger charge is -2.05. The highest BCUT2D eigenvalue weighted by Gasteiger charge is 2.38. The van der Waals surface area contributed by atoms with E-state index in [1.807, 2.05) is 31.2 Å². The molecule has 0 aliphatic rings. The number of thioether (sulfide) groups is 1. The predicted molar refractivity (Wildman–Crippen MR) is 79.2 cm³/mol. The number of benzene rings is 1. The summed E-state index contributed by atoms with van der Waals surface area (Å²) in [5.74, 6) is 4.78. The molecule has 0 bridgehead atoms. The molecule has 11 heteroatoms. The number of nitrogens with zero attached hydrogens (tertiary/aromatic N) is 5. The fourth-order valence-corrected chi connectivity index (χ4v) is 2.60. The Hall–Kier alpha value is -2.56. The van der Waals surface area contributed by atoms with E-state index in [2.05, 4.69) is 20.4 Å². The molecule has 0 atom stereocenters. The minimum Gasteiger partial charge on any atom is -0.420 e. The summed E-state index contributed by atoms with van der Waals surface area (Å²) in [7, 11) is 0. The van der Waals surface area contributed by atoms with Crippen molar-refractivity contribution in [1.29, 1.82) is 0 Å². The monoisotopic (exact) mass is 356 g/mol. The van der Waals surface area contributed by atoms with Crippen LogP contribution >= 0.6 is 11.8 Å². The lowest BCUT2D eigenvalue weighted by Crippen LogP contribution is -2.21. The van der Waals surface area contributed by atoms with Gasteiger partial charge in [-0.05, 0) is 19.1 Å². The van der Waals surface area contributed by atoms with E-state index in [1.54, 1.807) is 0 Å². The first-order chi connectivity index (χ1) is 11.3. The Morgan fingerprint density at radius 1 is 1.21 bits per heavy atom. The molecule has 3 rings (SSSR count). The average molecular weight is 356 g/mol. The summed E-state index contributed by atoms with van der Waals surface area (Å²) in [6, 6.07) is 7.50. The van der Waals surface area contributed by atoms with Crippen LogP contribution in [0.2, 0.25) is 0 Å². The molecule has 0 saturated heterocycles. The Labute approximate surface area is 138 Å². The van der Waals surface area contributed by atoms with Crippen LogP contribution in [0.4, 0.5) is 13.2 Å². The smallest absolute Gasteiger partial charge is 0.420 e. The normalized spacial score (nSPS) is 11.8. The number of nitrogens with two attached hydrogens (primary N) is 1. The molecule has 2 heterocycles. The second kappa shape index (κ2) is 6.15. The Bertz CT molecular complexity index is 860. The van der Waals surface area contributed by atoms with Gasteiger partial charge in [-0.3, -0.25) is 0 Å². The maximum Gasteiger partial charge on any atom is 0.453 e. The van der Waals surface area contributed by atoms with Gasteiger partial charge in [0.1, 0.15) is 0 Å². The van der Waals surface area contributed by atoms with Crippen molar-refractivity contribution in [3.8, 4) is 11.5 Å². The highest BCUT2D eigenvalue weighted by molar-refractivity contribution is 7.98. The molecule has 0 amide bonds. The molecule has 126 valence electrons. The molecule has 0 saturated carbocycles. The Morgan fingerprint density at radius 3 is 2.67 bits per heavy atom. The molecule has 0 aliphatic heterocycles. The molecule has 3 aromatic rings. The minimum absolute atomic E-state index is 0.0994. The van der Waals surface area contributed by atoms with Gasteiger partial charge < -0.3 is 10.3 Å². The summed E-state index contributed by atoms with van der Waals surface area (Å²) in [6.07, 6.45) is -4.66. The van der Waals surface area contributed by atoms with Gasteiger partial charge in [-0.1, -0.05) is 29.5 Å². The van der Waals surface area contributed by atoms with Crippen LogP contribution in [0.15, 0.2) is 33.8 Å². The lowest BCUT2D eigenvalue weighted by atomic mass is 10.1. The van der Waals surface area contributed by atoms with Crippen LogP contribution in [0.3, 0.4) is 0 Å². The number of aryl methyl sites for hydroxylation is 1. The van der Waals surface area contributed by atoms with E-state index in [0.717, 1.165) is 22.9 Å². The van der Waals surface area contributed by atoms with Crippen LogP contribution in [0, 0.1) is 6.92 Å². The quantitative estimate of drug-likeness (QED) is 0.567. The number of aromatic nitrogens is 5. The third-order valence-electron chi connectivity index (χ3n) is 2.97. The highest BCUT2D eigenvalue weighted by Crippen LogP contribution is 2.30. The van der Waals surface area contributed by atoms with Crippen LogP contribution in [-0.2, 0) is 11.9 Å². The van der Waals surface area contributed by atoms with E-state index >= 15 is 0 Å². The largest absolute Gasteiger partial charge is 0.453 e. The topological polar surface area (TPSA) is 95.7 Å². The number of rotatable bonds is 4. The first kappa shape index (κ1) is 16.3. The van der Waals surface area contributed by atoms with E-state index in [4.69, 9.17) is 10.3 Å². The van der Waals surface area contributed by atoms with Crippen molar-refractivity contribution >= 4 is 11.8 Å². The summed E-state index contributed by atoms with van der Waals surface area (Å²) >= 11 is 0.917. The summed E-state index contributed by atoms with van der Waals surface area (Å²) < 4.78 is 43.7. The second-order valence-corrected chi connectivity index (χ2v) is 5.78. The molecule has 0 unspecified atom stereocenters. The van der Waals surface area contributed by atoms with Crippen LogP contribution in [0.5, 0.6) is 0 Å². The van der Waals surface area contributed by atoms with Gasteiger partial charge in [0.15, 0.2) is 0 Å². The first-order valence-corrected chi connectivity index (χ1v) is 7.63. The number of alkyl halides is 3. The molecule has 24 heavy (non-hydrogen) atoms. The van der Waals surface area contributed by atoms with Gasteiger partial charge in [0.2, 0.25) is 16.9 Å². The van der Waals surface area contributed by atoms with Crippen molar-refractivity contribution in [3.63, 3.8) is 0 Å². The standard InChI is InChI=1S/C13H11F3N6OS/c1-7-3-2-4-8(5-7)10-19-18-9(23-10)6-24-12-21-20-11(22(12)17)13(14,15)16/h2-5H,6,17H2,1H3. The molecule has 0 spiro atoms. The molecular formula is C13H11F3N6OS. The maximum atomic E-state index is 12.6. The number of hydrogen-bond acceptors (Lipinski definition) is 7. The molecular weight excluding hydrogens is 345 g/mol.